The van der Waals surface area contributed by atoms with Crippen molar-refractivity contribution in [3.05, 3.63) is 5.89 Å². The van der Waals surface area contributed by atoms with E-state index in [9.17, 15) is 9.59 Å². The lowest BCUT2D eigenvalue weighted by atomic mass is 10.3. The van der Waals surface area contributed by atoms with Crippen LogP contribution in [0.15, 0.2) is 4.42 Å². The summed E-state index contributed by atoms with van der Waals surface area (Å²) < 4.78 is 9.94. The lowest BCUT2D eigenvalue weighted by Gasteiger charge is -2.18. The molecule has 0 unspecified atom stereocenters. The van der Waals surface area contributed by atoms with Gasteiger partial charge in [-0.1, -0.05) is 12.0 Å². The van der Waals surface area contributed by atoms with Crippen molar-refractivity contribution in [1.29, 1.82) is 0 Å². The Morgan fingerprint density at radius 3 is 2.81 bits per heavy atom. The largest absolute Gasteiger partial charge is 0.469 e. The van der Waals surface area contributed by atoms with Crippen LogP contribution < -0.4 is 5.32 Å². The second-order valence-electron chi connectivity index (χ2n) is 4.96. The van der Waals surface area contributed by atoms with E-state index in [0.29, 0.717) is 24.9 Å². The first-order valence-corrected chi connectivity index (χ1v) is 7.04. The van der Waals surface area contributed by atoms with E-state index in [1.165, 1.54) is 7.11 Å². The molecular weight excluding hydrogens is 276 g/mol. The van der Waals surface area contributed by atoms with Crippen molar-refractivity contribution >= 4 is 17.9 Å². The van der Waals surface area contributed by atoms with Crippen LogP contribution in [0.4, 0.5) is 6.01 Å². The van der Waals surface area contributed by atoms with E-state index in [0.717, 1.165) is 12.8 Å². The van der Waals surface area contributed by atoms with Gasteiger partial charge < -0.3 is 9.15 Å². The highest BCUT2D eigenvalue weighted by molar-refractivity contribution is 5.90. The maximum atomic E-state index is 11.9. The summed E-state index contributed by atoms with van der Waals surface area (Å²) in [7, 11) is 1.35. The predicted octanol–water partition coefficient (Wildman–Crippen LogP) is 0.770. The van der Waals surface area contributed by atoms with E-state index in [2.05, 4.69) is 20.3 Å². The molecular formula is C13H20N4O4. The minimum atomic E-state index is -0.292. The van der Waals surface area contributed by atoms with Crippen molar-refractivity contribution in [3.8, 4) is 0 Å². The average molecular weight is 296 g/mol. The second kappa shape index (κ2) is 7.16. The summed E-state index contributed by atoms with van der Waals surface area (Å²) in [6, 6.07) is 0.130. The molecule has 8 nitrogen and oxygen atoms in total. The number of likely N-dealkylation sites (N-methyl/N-ethyl adjacent to an activating group) is 1. The number of aromatic nitrogens is 2. The van der Waals surface area contributed by atoms with Gasteiger partial charge in [0.05, 0.1) is 20.1 Å². The molecule has 0 saturated heterocycles. The number of rotatable bonds is 8. The number of ether oxygens (including phenoxy) is 1. The first-order valence-electron chi connectivity index (χ1n) is 7.04. The Bertz CT molecular complexity index is 498. The molecule has 0 aliphatic heterocycles. The minimum absolute atomic E-state index is 0.130. The van der Waals surface area contributed by atoms with Crippen molar-refractivity contribution in [2.24, 2.45) is 0 Å². The fourth-order valence-electron chi connectivity index (χ4n) is 1.84. The molecule has 1 aromatic rings. The van der Waals surface area contributed by atoms with Crippen molar-refractivity contribution in [1.82, 2.24) is 15.1 Å². The molecule has 21 heavy (non-hydrogen) atoms. The molecule has 1 aromatic heterocycles. The zero-order valence-corrected chi connectivity index (χ0v) is 12.3. The molecule has 1 aliphatic carbocycles. The number of carbonyl (C=O) groups excluding carboxylic acids is 2. The van der Waals surface area contributed by atoms with E-state index in [1.54, 1.807) is 0 Å². The van der Waals surface area contributed by atoms with E-state index < -0.39 is 0 Å². The molecule has 116 valence electrons. The number of amides is 1. The van der Waals surface area contributed by atoms with E-state index in [-0.39, 0.29) is 30.9 Å². The molecule has 1 fully saturated rings. The summed E-state index contributed by atoms with van der Waals surface area (Å²) in [5, 5.41) is 10.3. The Morgan fingerprint density at radius 1 is 1.43 bits per heavy atom. The molecule has 0 spiro atoms. The smallest absolute Gasteiger partial charge is 0.322 e. The van der Waals surface area contributed by atoms with Gasteiger partial charge in [-0.15, -0.1) is 5.10 Å². The summed E-state index contributed by atoms with van der Waals surface area (Å²) in [4.78, 5) is 24.8. The van der Waals surface area contributed by atoms with Crippen LogP contribution >= 0.6 is 0 Å². The van der Waals surface area contributed by atoms with E-state index in [4.69, 9.17) is 4.42 Å². The van der Waals surface area contributed by atoms with Crippen molar-refractivity contribution < 1.29 is 18.7 Å². The highest BCUT2D eigenvalue weighted by Gasteiger charge is 2.29. The van der Waals surface area contributed by atoms with Gasteiger partial charge in [0.2, 0.25) is 11.8 Å². The number of hydrogen-bond donors (Lipinski definition) is 1. The molecule has 2 rings (SSSR count). The zero-order valence-electron chi connectivity index (χ0n) is 12.3. The predicted molar refractivity (Wildman–Crippen MR) is 73.6 cm³/mol. The quantitative estimate of drug-likeness (QED) is 0.707. The fourth-order valence-corrected chi connectivity index (χ4v) is 1.84. The molecule has 0 bridgehead atoms. The number of hydrogen-bond acceptors (Lipinski definition) is 7. The number of esters is 1. The van der Waals surface area contributed by atoms with Crippen LogP contribution in [0, 0.1) is 0 Å². The third-order valence-corrected chi connectivity index (χ3v) is 3.29. The molecule has 1 aliphatic rings. The summed E-state index contributed by atoms with van der Waals surface area (Å²) >= 11 is 0. The Labute approximate surface area is 122 Å². The van der Waals surface area contributed by atoms with Gasteiger partial charge in [-0.3, -0.25) is 19.8 Å². The molecule has 0 aromatic carbocycles. The molecule has 0 radical (unpaired) electrons. The van der Waals surface area contributed by atoms with Gasteiger partial charge in [0.15, 0.2) is 0 Å². The van der Waals surface area contributed by atoms with Gasteiger partial charge in [-0.05, 0) is 19.4 Å². The Morgan fingerprint density at radius 2 is 2.19 bits per heavy atom. The number of nitrogens with zero attached hydrogens (tertiary/aromatic N) is 3. The Balaban J connectivity index is 1.76. The van der Waals surface area contributed by atoms with Crippen LogP contribution in [0.25, 0.3) is 0 Å². The number of nitrogens with one attached hydrogen (secondary N) is 1. The SMILES string of the molecule is CCN(CCC(=O)OC)CC(=O)Nc1nnc(C2CC2)o1. The topological polar surface area (TPSA) is 97.6 Å². The number of methoxy groups -OCH3 is 1. The lowest BCUT2D eigenvalue weighted by Crippen LogP contribution is -2.34. The van der Waals surface area contributed by atoms with Crippen molar-refractivity contribution in [2.75, 3.05) is 32.1 Å². The van der Waals surface area contributed by atoms with Gasteiger partial charge in [-0.2, -0.15) is 0 Å². The van der Waals surface area contributed by atoms with E-state index in [1.807, 2.05) is 11.8 Å². The number of carbonyl (C=O) groups is 2. The molecule has 1 saturated carbocycles. The van der Waals surface area contributed by atoms with Gasteiger partial charge in [0.25, 0.3) is 0 Å². The molecule has 1 heterocycles. The molecule has 1 N–H and O–H groups in total. The summed E-state index contributed by atoms with van der Waals surface area (Å²) in [5.74, 6) is 0.409. The Kier molecular flexibility index (Phi) is 5.26. The Hall–Kier alpha value is -1.96. The van der Waals surface area contributed by atoms with Crippen LogP contribution in [0.1, 0.15) is 38.0 Å². The third-order valence-electron chi connectivity index (χ3n) is 3.29. The highest BCUT2D eigenvalue weighted by Crippen LogP contribution is 2.39. The first-order chi connectivity index (χ1) is 10.1. The average Bonchev–Trinajstić information content (AvgIpc) is 3.23. The van der Waals surface area contributed by atoms with Crippen molar-refractivity contribution in [2.45, 2.75) is 32.1 Å². The highest BCUT2D eigenvalue weighted by atomic mass is 16.5. The monoisotopic (exact) mass is 296 g/mol. The van der Waals surface area contributed by atoms with Crippen LogP contribution in [-0.2, 0) is 14.3 Å². The second-order valence-corrected chi connectivity index (χ2v) is 4.96. The van der Waals surface area contributed by atoms with Crippen molar-refractivity contribution in [3.63, 3.8) is 0 Å². The van der Waals surface area contributed by atoms with Crippen LogP contribution in [0.5, 0.6) is 0 Å². The molecule has 1 amide bonds. The fraction of sp³-hybridized carbons (Fsp3) is 0.692. The van der Waals surface area contributed by atoms with Gasteiger partial charge >= 0.3 is 12.0 Å². The number of anilines is 1. The molecule has 0 atom stereocenters. The van der Waals surface area contributed by atoms with E-state index >= 15 is 0 Å². The zero-order chi connectivity index (χ0) is 15.2. The maximum Gasteiger partial charge on any atom is 0.322 e. The van der Waals surface area contributed by atoms with Gasteiger partial charge in [0, 0.05) is 12.5 Å². The molecule has 8 heteroatoms. The minimum Gasteiger partial charge on any atom is -0.469 e. The summed E-state index contributed by atoms with van der Waals surface area (Å²) in [5.41, 5.74) is 0. The standard InChI is InChI=1S/C13H20N4O4/c1-3-17(7-6-11(19)20-2)8-10(18)14-13-16-15-12(21-13)9-4-5-9/h9H,3-8H2,1-2H3,(H,14,16,18). The van der Waals surface area contributed by atoms with Gasteiger partial charge in [0.1, 0.15) is 0 Å². The van der Waals surface area contributed by atoms with Crippen LogP contribution in [0.3, 0.4) is 0 Å². The maximum absolute atomic E-state index is 11.9. The normalized spacial score (nSPS) is 14.2. The van der Waals surface area contributed by atoms with Crippen LogP contribution in [-0.4, -0.2) is 53.7 Å². The summed E-state index contributed by atoms with van der Waals surface area (Å²) in [6.45, 7) is 3.20. The third kappa shape index (κ3) is 4.82. The summed E-state index contributed by atoms with van der Waals surface area (Å²) in [6.07, 6.45) is 2.38. The lowest BCUT2D eigenvalue weighted by molar-refractivity contribution is -0.141. The first kappa shape index (κ1) is 15.4. The van der Waals surface area contributed by atoms with Crippen LogP contribution in [0.2, 0.25) is 0 Å². The van der Waals surface area contributed by atoms with Gasteiger partial charge in [-0.25, -0.2) is 0 Å².